The van der Waals surface area contributed by atoms with Gasteiger partial charge in [-0.3, -0.25) is 4.98 Å². The zero-order valence-corrected chi connectivity index (χ0v) is 35.4. The van der Waals surface area contributed by atoms with E-state index < -0.39 is 0 Å². The molecule has 0 aliphatic rings. The fourth-order valence-corrected chi connectivity index (χ4v) is 11.8. The molecule has 0 spiro atoms. The number of hydrogen-bond donors (Lipinski definition) is 0. The molecule has 0 radical (unpaired) electrons. The Morgan fingerprint density at radius 3 is 1.69 bits per heavy atom. The molecule has 0 N–H and O–H groups in total. The van der Waals surface area contributed by atoms with Crippen molar-refractivity contribution in [3.05, 3.63) is 200 Å². The van der Waals surface area contributed by atoms with Gasteiger partial charge in [0.15, 0.2) is 5.58 Å². The highest BCUT2D eigenvalue weighted by Crippen LogP contribution is 2.46. The van der Waals surface area contributed by atoms with Crippen LogP contribution in [-0.2, 0) is 0 Å². The van der Waals surface area contributed by atoms with Crippen molar-refractivity contribution in [3.8, 4) is 33.6 Å². The summed E-state index contributed by atoms with van der Waals surface area (Å²) >= 11 is 1.87. The Morgan fingerprint density at radius 2 is 0.908 bits per heavy atom. The summed E-state index contributed by atoms with van der Waals surface area (Å²) < 4.78 is 19.8. The number of rotatable bonds is 4. The summed E-state index contributed by atoms with van der Waals surface area (Å²) in [5, 5.41) is 10.7. The molecule has 0 unspecified atom stereocenters. The summed E-state index contributed by atoms with van der Waals surface area (Å²) in [6.07, 6.45) is 1.83. The third-order valence-corrected chi connectivity index (χ3v) is 14.8. The van der Waals surface area contributed by atoms with Crippen LogP contribution in [0, 0.1) is 0 Å². The third kappa shape index (κ3) is 5.00. The van der Waals surface area contributed by atoms with Gasteiger partial charge >= 0.3 is 0 Å². The minimum absolute atomic E-state index is 0.794. The maximum absolute atomic E-state index is 6.32. The van der Waals surface area contributed by atoms with E-state index in [1.807, 2.05) is 35.7 Å². The van der Waals surface area contributed by atoms with Crippen LogP contribution in [0.2, 0.25) is 0 Å². The summed E-state index contributed by atoms with van der Waals surface area (Å²) in [5.74, 6) is 0. The Hall–Kier alpha value is -8.45. The minimum atomic E-state index is 0.794. The monoisotopic (exact) mass is 847 g/mol. The Labute approximate surface area is 374 Å². The van der Waals surface area contributed by atoms with E-state index >= 15 is 0 Å². The number of benzene rings is 9. The van der Waals surface area contributed by atoms with Crippen molar-refractivity contribution >= 4 is 119 Å². The quantitative estimate of drug-likeness (QED) is 0.177. The molecule has 6 heterocycles. The standard InChI is InChI=1S/C59H33N3O2S/c1-5-14-49-39(10-1)40-11-2-6-15-50(40)61(49)38-22-26-57-46(32-38)47-31-36(30-43(59(47)65-57)35-20-24-54-45(29-35)42-13-4-8-17-53(42)63-54)34-19-23-52-44(28-34)41-12-3-7-16-51(41)62(52)37-21-25-55-48(33-37)58-56(64-55)18-9-27-60-58/h1-33H. The maximum Gasteiger partial charge on any atom is 0.153 e. The number of furan rings is 2. The Kier molecular flexibility index (Phi) is 7.04. The van der Waals surface area contributed by atoms with Crippen molar-refractivity contribution in [2.45, 2.75) is 0 Å². The molecule has 0 saturated carbocycles. The van der Waals surface area contributed by atoms with Gasteiger partial charge in [0.2, 0.25) is 0 Å². The van der Waals surface area contributed by atoms with E-state index in [1.165, 1.54) is 69.4 Å². The first-order chi connectivity index (χ1) is 32.2. The van der Waals surface area contributed by atoms with Gasteiger partial charge in [0.25, 0.3) is 0 Å². The van der Waals surface area contributed by atoms with Crippen LogP contribution in [0.5, 0.6) is 0 Å². The molecule has 0 fully saturated rings. The van der Waals surface area contributed by atoms with E-state index in [4.69, 9.17) is 8.83 Å². The predicted molar refractivity (Wildman–Crippen MR) is 271 cm³/mol. The first-order valence-electron chi connectivity index (χ1n) is 21.9. The zero-order valence-electron chi connectivity index (χ0n) is 34.6. The number of nitrogens with zero attached hydrogens (tertiary/aromatic N) is 3. The van der Waals surface area contributed by atoms with Crippen LogP contribution >= 0.6 is 11.3 Å². The van der Waals surface area contributed by atoms with Crippen LogP contribution in [-0.4, -0.2) is 14.1 Å². The second-order valence-electron chi connectivity index (χ2n) is 17.1. The molecule has 0 atom stereocenters. The highest BCUT2D eigenvalue weighted by atomic mass is 32.1. The van der Waals surface area contributed by atoms with Gasteiger partial charge in [-0.05, 0) is 126 Å². The smallest absolute Gasteiger partial charge is 0.153 e. The van der Waals surface area contributed by atoms with Crippen molar-refractivity contribution in [1.29, 1.82) is 0 Å². The summed E-state index contributed by atoms with van der Waals surface area (Å²) in [6.45, 7) is 0. The van der Waals surface area contributed by atoms with Crippen molar-refractivity contribution in [2.75, 3.05) is 0 Å². The number of pyridine rings is 1. The summed E-state index contributed by atoms with van der Waals surface area (Å²) in [4.78, 5) is 4.69. The largest absolute Gasteiger partial charge is 0.456 e. The minimum Gasteiger partial charge on any atom is -0.456 e. The molecule has 15 aromatic rings. The van der Waals surface area contributed by atoms with Crippen LogP contribution in [0.25, 0.3) is 141 Å². The number of aromatic nitrogens is 3. The number of thiophene rings is 1. The predicted octanol–water partition coefficient (Wildman–Crippen LogP) is 16.8. The molecular formula is C59H33N3O2S. The fraction of sp³-hybridized carbons (Fsp3) is 0. The van der Waals surface area contributed by atoms with Crippen molar-refractivity contribution < 1.29 is 8.83 Å². The number of fused-ring (bicyclic) bond motifs is 15. The lowest BCUT2D eigenvalue weighted by atomic mass is 9.94. The van der Waals surface area contributed by atoms with E-state index in [-0.39, 0.29) is 0 Å². The molecule has 5 nitrogen and oxygen atoms in total. The molecule has 0 amide bonds. The van der Waals surface area contributed by atoms with E-state index in [9.17, 15) is 0 Å². The Morgan fingerprint density at radius 1 is 0.354 bits per heavy atom. The lowest BCUT2D eigenvalue weighted by Gasteiger charge is -2.11. The maximum atomic E-state index is 6.32. The van der Waals surface area contributed by atoms with Crippen LogP contribution in [0.15, 0.2) is 209 Å². The molecule has 9 aromatic carbocycles. The zero-order chi connectivity index (χ0) is 42.3. The molecule has 15 rings (SSSR count). The van der Waals surface area contributed by atoms with Crippen LogP contribution in [0.3, 0.4) is 0 Å². The first-order valence-corrected chi connectivity index (χ1v) is 22.7. The van der Waals surface area contributed by atoms with Crippen LogP contribution < -0.4 is 0 Å². The molecule has 0 bridgehead atoms. The summed E-state index contributed by atoms with van der Waals surface area (Å²) in [7, 11) is 0. The van der Waals surface area contributed by atoms with E-state index in [0.717, 1.165) is 72.0 Å². The topological polar surface area (TPSA) is 49.0 Å². The number of hydrogen-bond acceptors (Lipinski definition) is 4. The first kappa shape index (κ1) is 35.1. The molecular weight excluding hydrogens is 815 g/mol. The average molecular weight is 848 g/mol. The van der Waals surface area contributed by atoms with Crippen molar-refractivity contribution in [1.82, 2.24) is 14.1 Å². The van der Waals surface area contributed by atoms with Gasteiger partial charge in [-0.25, -0.2) is 0 Å². The van der Waals surface area contributed by atoms with Crippen molar-refractivity contribution in [3.63, 3.8) is 0 Å². The van der Waals surface area contributed by atoms with Crippen LogP contribution in [0.1, 0.15) is 0 Å². The van der Waals surface area contributed by atoms with Gasteiger partial charge in [-0.1, -0.05) is 84.9 Å². The second kappa shape index (κ2) is 13.0. The van der Waals surface area contributed by atoms with E-state index in [2.05, 4.69) is 190 Å². The van der Waals surface area contributed by atoms with E-state index in [1.54, 1.807) is 0 Å². The second-order valence-corrected chi connectivity index (χ2v) is 18.1. The van der Waals surface area contributed by atoms with Gasteiger partial charge in [-0.2, -0.15) is 0 Å². The fourth-order valence-electron chi connectivity index (χ4n) is 10.6. The van der Waals surface area contributed by atoms with Crippen LogP contribution in [0.4, 0.5) is 0 Å². The van der Waals surface area contributed by atoms with Gasteiger partial charge < -0.3 is 18.0 Å². The molecule has 302 valence electrons. The van der Waals surface area contributed by atoms with Gasteiger partial charge in [0.05, 0.1) is 22.1 Å². The molecule has 0 saturated heterocycles. The summed E-state index contributed by atoms with van der Waals surface area (Å²) in [5.41, 5.74) is 15.9. The molecule has 0 aliphatic heterocycles. The highest BCUT2D eigenvalue weighted by molar-refractivity contribution is 7.26. The molecule has 6 heteroatoms. The van der Waals surface area contributed by atoms with Crippen molar-refractivity contribution in [2.24, 2.45) is 0 Å². The van der Waals surface area contributed by atoms with Gasteiger partial charge in [0, 0.05) is 81.0 Å². The lowest BCUT2D eigenvalue weighted by molar-refractivity contribution is 0.668. The molecule has 6 aromatic heterocycles. The number of para-hydroxylation sites is 4. The highest BCUT2D eigenvalue weighted by Gasteiger charge is 2.20. The molecule has 0 aliphatic carbocycles. The van der Waals surface area contributed by atoms with E-state index in [0.29, 0.717) is 0 Å². The normalized spacial score (nSPS) is 12.3. The SMILES string of the molecule is c1ccc2c(c1)oc1ccc(-c3cc(-c4ccc5c(c4)c4ccccc4n5-c4ccc5oc6cccnc6c5c4)cc4c3sc3ccc(-n5c6ccccc6c6ccccc65)cc34)cc12. The summed E-state index contributed by atoms with van der Waals surface area (Å²) in [6, 6.07) is 70.4. The molecule has 65 heavy (non-hydrogen) atoms. The van der Waals surface area contributed by atoms with Gasteiger partial charge in [-0.15, -0.1) is 11.3 Å². The Balaban J connectivity index is 0.974. The third-order valence-electron chi connectivity index (χ3n) is 13.6. The van der Waals surface area contributed by atoms with Gasteiger partial charge in [0.1, 0.15) is 22.3 Å². The Bertz CT molecular complexity index is 4450. The lowest BCUT2D eigenvalue weighted by Crippen LogP contribution is -1.93. The average Bonchev–Trinajstić information content (AvgIpc) is 4.17.